The number of piperazine rings is 1. The Kier molecular flexibility index (Phi) is 4.23. The smallest absolute Gasteiger partial charge is 0.252 e. The molecule has 1 aliphatic rings. The van der Waals surface area contributed by atoms with Gasteiger partial charge in [-0.05, 0) is 6.07 Å². The van der Waals surface area contributed by atoms with E-state index in [1.807, 2.05) is 0 Å². The van der Waals surface area contributed by atoms with Gasteiger partial charge in [-0.25, -0.2) is 8.42 Å². The van der Waals surface area contributed by atoms with Gasteiger partial charge in [-0.1, -0.05) is 0 Å². The van der Waals surface area contributed by atoms with Crippen LogP contribution in [0.15, 0.2) is 15.7 Å². The molecule has 18 heavy (non-hydrogen) atoms. The lowest BCUT2D eigenvalue weighted by Crippen LogP contribution is -2.49. The summed E-state index contributed by atoms with van der Waals surface area (Å²) < 4.78 is 26.3. The first-order valence-electron chi connectivity index (χ1n) is 5.71. The van der Waals surface area contributed by atoms with Gasteiger partial charge in [0.25, 0.3) is 10.0 Å². The van der Waals surface area contributed by atoms with Crippen molar-refractivity contribution in [2.75, 3.05) is 45.1 Å². The summed E-state index contributed by atoms with van der Waals surface area (Å²) in [6.07, 6.45) is 0. The number of nitrogens with zero attached hydrogens (tertiary/aromatic N) is 2. The van der Waals surface area contributed by atoms with Gasteiger partial charge in [-0.2, -0.15) is 4.31 Å². The van der Waals surface area contributed by atoms with Crippen LogP contribution in [0.1, 0.15) is 0 Å². The molecule has 0 amide bonds. The van der Waals surface area contributed by atoms with Gasteiger partial charge in [-0.3, -0.25) is 4.90 Å². The minimum absolute atomic E-state index is 0.105. The van der Waals surface area contributed by atoms with Crippen LogP contribution in [0.3, 0.4) is 0 Å². The molecule has 1 aromatic rings. The SMILES string of the molecule is Nc1csc(S(=O)(=O)N2CCN(CCO)CC2)c1. The van der Waals surface area contributed by atoms with Crippen molar-refractivity contribution in [1.29, 1.82) is 0 Å². The Labute approximate surface area is 111 Å². The number of hydrogen-bond donors (Lipinski definition) is 2. The molecule has 0 radical (unpaired) electrons. The summed E-state index contributed by atoms with van der Waals surface area (Å²) in [5.41, 5.74) is 6.04. The van der Waals surface area contributed by atoms with Crippen LogP contribution in [-0.4, -0.2) is 62.1 Å². The molecule has 0 atom stereocenters. The molecular weight excluding hydrogens is 274 g/mol. The van der Waals surface area contributed by atoms with Crippen LogP contribution in [0, 0.1) is 0 Å². The molecule has 3 N–H and O–H groups in total. The summed E-state index contributed by atoms with van der Waals surface area (Å²) in [6, 6.07) is 1.50. The number of nitrogens with two attached hydrogens (primary N) is 1. The van der Waals surface area contributed by atoms with E-state index in [0.717, 1.165) is 11.3 Å². The van der Waals surface area contributed by atoms with Gasteiger partial charge in [0.15, 0.2) is 0 Å². The van der Waals surface area contributed by atoms with Gasteiger partial charge in [0.2, 0.25) is 0 Å². The molecule has 1 fully saturated rings. The van der Waals surface area contributed by atoms with Crippen LogP contribution in [0.5, 0.6) is 0 Å². The molecular formula is C10H17N3O3S2. The van der Waals surface area contributed by atoms with Crippen LogP contribution < -0.4 is 5.73 Å². The Bertz CT molecular complexity index is 492. The van der Waals surface area contributed by atoms with E-state index in [9.17, 15) is 8.42 Å². The highest BCUT2D eigenvalue weighted by Gasteiger charge is 2.29. The largest absolute Gasteiger partial charge is 0.398 e. The van der Waals surface area contributed by atoms with Crippen molar-refractivity contribution in [3.63, 3.8) is 0 Å². The van der Waals surface area contributed by atoms with Crippen molar-refractivity contribution in [2.24, 2.45) is 0 Å². The van der Waals surface area contributed by atoms with Gasteiger partial charge in [0.1, 0.15) is 4.21 Å². The number of thiophene rings is 1. The fraction of sp³-hybridized carbons (Fsp3) is 0.600. The monoisotopic (exact) mass is 291 g/mol. The molecule has 1 aromatic heterocycles. The third-order valence-corrected chi connectivity index (χ3v) is 6.27. The maximum atomic E-state index is 12.3. The molecule has 8 heteroatoms. The maximum Gasteiger partial charge on any atom is 0.252 e. The summed E-state index contributed by atoms with van der Waals surface area (Å²) in [4.78, 5) is 2.05. The fourth-order valence-corrected chi connectivity index (χ4v) is 4.58. The number of rotatable bonds is 4. The Morgan fingerprint density at radius 2 is 2.00 bits per heavy atom. The second-order valence-corrected chi connectivity index (χ2v) is 7.24. The zero-order valence-electron chi connectivity index (χ0n) is 9.95. The maximum absolute atomic E-state index is 12.3. The molecule has 0 bridgehead atoms. The normalized spacial score (nSPS) is 19.2. The summed E-state index contributed by atoms with van der Waals surface area (Å²) in [6.45, 7) is 2.93. The van der Waals surface area contributed by atoms with Crippen molar-refractivity contribution in [3.8, 4) is 0 Å². The van der Waals surface area contributed by atoms with Gasteiger partial charge in [0, 0.05) is 43.8 Å². The second kappa shape index (κ2) is 5.54. The number of sulfonamides is 1. The predicted octanol–water partition coefficient (Wildman–Crippen LogP) is -0.371. The van der Waals surface area contributed by atoms with Gasteiger partial charge >= 0.3 is 0 Å². The van der Waals surface area contributed by atoms with E-state index in [2.05, 4.69) is 4.90 Å². The molecule has 102 valence electrons. The van der Waals surface area contributed by atoms with Crippen molar-refractivity contribution in [3.05, 3.63) is 11.4 Å². The zero-order valence-corrected chi connectivity index (χ0v) is 11.6. The summed E-state index contributed by atoms with van der Waals surface area (Å²) in [5, 5.41) is 10.5. The number of anilines is 1. The highest BCUT2D eigenvalue weighted by molar-refractivity contribution is 7.91. The van der Waals surface area contributed by atoms with E-state index in [0.29, 0.717) is 42.6 Å². The third-order valence-electron chi connectivity index (χ3n) is 2.94. The predicted molar refractivity (Wildman–Crippen MR) is 71.0 cm³/mol. The molecule has 0 aromatic carbocycles. The highest BCUT2D eigenvalue weighted by atomic mass is 32.2. The Hall–Kier alpha value is -0.670. The number of β-amino-alcohol motifs (C(OH)–C–C–N with tert-alkyl or cyclic N) is 1. The molecule has 1 saturated heterocycles. The van der Waals surface area contributed by atoms with Crippen molar-refractivity contribution >= 4 is 27.0 Å². The first kappa shape index (κ1) is 13.8. The Morgan fingerprint density at radius 1 is 1.33 bits per heavy atom. The Morgan fingerprint density at radius 3 is 2.50 bits per heavy atom. The number of nitrogen functional groups attached to an aromatic ring is 1. The third kappa shape index (κ3) is 2.83. The molecule has 2 heterocycles. The van der Waals surface area contributed by atoms with Gasteiger partial charge in [-0.15, -0.1) is 11.3 Å². The van der Waals surface area contributed by atoms with Crippen LogP contribution in [0.25, 0.3) is 0 Å². The molecule has 0 aliphatic carbocycles. The summed E-state index contributed by atoms with van der Waals surface area (Å²) in [7, 11) is -3.40. The molecule has 6 nitrogen and oxygen atoms in total. The van der Waals surface area contributed by atoms with E-state index >= 15 is 0 Å². The zero-order chi connectivity index (χ0) is 13.2. The molecule has 0 saturated carbocycles. The lowest BCUT2D eigenvalue weighted by atomic mass is 10.4. The van der Waals surface area contributed by atoms with E-state index in [1.165, 1.54) is 10.4 Å². The topological polar surface area (TPSA) is 86.9 Å². The van der Waals surface area contributed by atoms with E-state index in [1.54, 1.807) is 5.38 Å². The summed E-state index contributed by atoms with van der Waals surface area (Å²) in [5.74, 6) is 0. The fourth-order valence-electron chi connectivity index (χ4n) is 1.93. The Balaban J connectivity index is 2.05. The van der Waals surface area contributed by atoms with E-state index in [4.69, 9.17) is 10.8 Å². The van der Waals surface area contributed by atoms with Crippen molar-refractivity contribution in [1.82, 2.24) is 9.21 Å². The molecule has 0 unspecified atom stereocenters. The van der Waals surface area contributed by atoms with Crippen molar-refractivity contribution < 1.29 is 13.5 Å². The quantitative estimate of drug-likeness (QED) is 0.790. The lowest BCUT2D eigenvalue weighted by molar-refractivity contribution is 0.151. The van der Waals surface area contributed by atoms with Crippen LogP contribution in [0.4, 0.5) is 5.69 Å². The highest BCUT2D eigenvalue weighted by Crippen LogP contribution is 2.25. The molecule has 1 aliphatic heterocycles. The number of hydrogen-bond acceptors (Lipinski definition) is 6. The standard InChI is InChI=1S/C10H17N3O3S2/c11-9-7-10(17-8-9)18(15,16)13-3-1-12(2-4-13)5-6-14/h7-8,14H,1-6,11H2. The molecule has 0 spiro atoms. The van der Waals surface area contributed by atoms with E-state index in [-0.39, 0.29) is 6.61 Å². The average molecular weight is 291 g/mol. The van der Waals surface area contributed by atoms with Gasteiger partial charge in [0.05, 0.1) is 6.61 Å². The average Bonchev–Trinajstić information content (AvgIpc) is 2.78. The second-order valence-electron chi connectivity index (χ2n) is 4.17. The van der Waals surface area contributed by atoms with Crippen LogP contribution >= 0.6 is 11.3 Å². The first-order valence-corrected chi connectivity index (χ1v) is 8.03. The summed E-state index contributed by atoms with van der Waals surface area (Å²) >= 11 is 1.15. The number of aliphatic hydroxyl groups excluding tert-OH is 1. The van der Waals surface area contributed by atoms with Crippen LogP contribution in [0.2, 0.25) is 0 Å². The van der Waals surface area contributed by atoms with Gasteiger partial charge < -0.3 is 10.8 Å². The minimum Gasteiger partial charge on any atom is -0.398 e. The minimum atomic E-state index is -3.40. The number of aliphatic hydroxyl groups is 1. The lowest BCUT2D eigenvalue weighted by Gasteiger charge is -2.33. The van der Waals surface area contributed by atoms with Crippen molar-refractivity contribution in [2.45, 2.75) is 4.21 Å². The molecule has 2 rings (SSSR count). The van der Waals surface area contributed by atoms with Crippen LogP contribution in [-0.2, 0) is 10.0 Å². The van der Waals surface area contributed by atoms with E-state index < -0.39 is 10.0 Å². The first-order chi connectivity index (χ1) is 8.54.